The Labute approximate surface area is 104 Å². The zero-order valence-electron chi connectivity index (χ0n) is 9.73. The second-order valence-corrected chi connectivity index (χ2v) is 3.97. The number of nitrogens with one attached hydrogen (secondary N) is 1. The predicted octanol–water partition coefficient (Wildman–Crippen LogP) is 1.17. The summed E-state index contributed by atoms with van der Waals surface area (Å²) >= 11 is 0. The number of halogens is 2. The lowest BCUT2D eigenvalue weighted by atomic mass is 10.1. The maximum atomic E-state index is 12.1. The molecule has 6 heteroatoms. The van der Waals surface area contributed by atoms with Crippen LogP contribution in [0.2, 0.25) is 0 Å². The van der Waals surface area contributed by atoms with Crippen LogP contribution in [0.4, 0.5) is 8.78 Å². The molecule has 4 nitrogen and oxygen atoms in total. The van der Waals surface area contributed by atoms with E-state index in [9.17, 15) is 8.78 Å². The van der Waals surface area contributed by atoms with Gasteiger partial charge in [-0.25, -0.2) is 8.78 Å². The standard InChI is InChI=1S/C12H15F2NO3/c13-12(14)9(16)7-15-6-8-2-1-3-10-11(8)18-5-4-17-10/h1-3,9,12,15-16H,4-7H2. The molecule has 1 atom stereocenters. The summed E-state index contributed by atoms with van der Waals surface area (Å²) in [5, 5.41) is 11.7. The summed E-state index contributed by atoms with van der Waals surface area (Å²) in [5.74, 6) is 1.30. The largest absolute Gasteiger partial charge is 0.486 e. The number of hydrogen-bond acceptors (Lipinski definition) is 4. The minimum absolute atomic E-state index is 0.164. The van der Waals surface area contributed by atoms with Gasteiger partial charge in [0.15, 0.2) is 11.5 Å². The molecule has 1 aromatic carbocycles. The molecule has 1 unspecified atom stereocenters. The van der Waals surface area contributed by atoms with Crippen molar-refractivity contribution in [2.75, 3.05) is 19.8 Å². The van der Waals surface area contributed by atoms with Crippen LogP contribution in [0.1, 0.15) is 5.56 Å². The Hall–Kier alpha value is -1.40. The molecule has 0 radical (unpaired) electrons. The van der Waals surface area contributed by atoms with Crippen LogP contribution in [0, 0.1) is 0 Å². The lowest BCUT2D eigenvalue weighted by Gasteiger charge is -2.21. The highest BCUT2D eigenvalue weighted by Crippen LogP contribution is 2.33. The molecule has 2 rings (SSSR count). The van der Waals surface area contributed by atoms with Crippen LogP contribution in [0.3, 0.4) is 0 Å². The number of aliphatic hydroxyl groups is 1. The van der Waals surface area contributed by atoms with Gasteiger partial charge in [0, 0.05) is 18.7 Å². The van der Waals surface area contributed by atoms with E-state index in [0.29, 0.717) is 31.3 Å². The Morgan fingerprint density at radius 3 is 2.83 bits per heavy atom. The first-order valence-corrected chi connectivity index (χ1v) is 5.73. The molecule has 0 bridgehead atoms. The molecule has 0 saturated carbocycles. The van der Waals surface area contributed by atoms with Gasteiger partial charge in [-0.05, 0) is 6.07 Å². The summed E-state index contributed by atoms with van der Waals surface area (Å²) in [6.45, 7) is 1.16. The first-order valence-electron chi connectivity index (χ1n) is 5.73. The van der Waals surface area contributed by atoms with E-state index in [1.54, 1.807) is 6.07 Å². The van der Waals surface area contributed by atoms with Gasteiger partial charge >= 0.3 is 0 Å². The quantitative estimate of drug-likeness (QED) is 0.833. The average Bonchev–Trinajstić information content (AvgIpc) is 2.38. The van der Waals surface area contributed by atoms with E-state index in [-0.39, 0.29) is 6.54 Å². The first kappa shape index (κ1) is 13.0. The Morgan fingerprint density at radius 2 is 2.06 bits per heavy atom. The zero-order chi connectivity index (χ0) is 13.0. The highest BCUT2D eigenvalue weighted by molar-refractivity contribution is 5.47. The van der Waals surface area contributed by atoms with Crippen molar-refractivity contribution < 1.29 is 23.4 Å². The van der Waals surface area contributed by atoms with Crippen LogP contribution in [0.25, 0.3) is 0 Å². The summed E-state index contributed by atoms with van der Waals surface area (Å²) in [5.41, 5.74) is 0.827. The van der Waals surface area contributed by atoms with Crippen molar-refractivity contribution in [2.45, 2.75) is 19.1 Å². The Kier molecular flexibility index (Phi) is 4.33. The molecule has 1 heterocycles. The van der Waals surface area contributed by atoms with Crippen molar-refractivity contribution in [2.24, 2.45) is 0 Å². The smallest absolute Gasteiger partial charge is 0.265 e. The van der Waals surface area contributed by atoms with Gasteiger partial charge < -0.3 is 19.9 Å². The van der Waals surface area contributed by atoms with Crippen LogP contribution in [0.5, 0.6) is 11.5 Å². The molecular formula is C12H15F2NO3. The van der Waals surface area contributed by atoms with Crippen molar-refractivity contribution in [1.29, 1.82) is 0 Å². The molecule has 1 aliphatic heterocycles. The Bertz CT molecular complexity index is 401. The molecule has 1 aliphatic rings. The Balaban J connectivity index is 1.93. The minimum atomic E-state index is -2.73. The summed E-state index contributed by atoms with van der Waals surface area (Å²) in [6, 6.07) is 5.44. The van der Waals surface area contributed by atoms with Gasteiger partial charge in [-0.3, -0.25) is 0 Å². The number of fused-ring (bicyclic) bond motifs is 1. The van der Waals surface area contributed by atoms with Gasteiger partial charge in [0.1, 0.15) is 19.3 Å². The average molecular weight is 259 g/mol. The van der Waals surface area contributed by atoms with Gasteiger partial charge in [-0.2, -0.15) is 0 Å². The first-order chi connectivity index (χ1) is 8.68. The molecule has 100 valence electrons. The third-order valence-corrected chi connectivity index (χ3v) is 2.61. The lowest BCUT2D eigenvalue weighted by Crippen LogP contribution is -2.32. The van der Waals surface area contributed by atoms with E-state index in [1.807, 2.05) is 12.1 Å². The third kappa shape index (κ3) is 3.08. The fourth-order valence-corrected chi connectivity index (χ4v) is 1.72. The van der Waals surface area contributed by atoms with Crippen LogP contribution in [0.15, 0.2) is 18.2 Å². The van der Waals surface area contributed by atoms with Crippen LogP contribution in [-0.4, -0.2) is 37.4 Å². The highest BCUT2D eigenvalue weighted by atomic mass is 19.3. The lowest BCUT2D eigenvalue weighted by molar-refractivity contribution is -0.00344. The highest BCUT2D eigenvalue weighted by Gasteiger charge is 2.18. The van der Waals surface area contributed by atoms with Crippen molar-refractivity contribution in [1.82, 2.24) is 5.32 Å². The monoisotopic (exact) mass is 259 g/mol. The number of alkyl halides is 2. The fourth-order valence-electron chi connectivity index (χ4n) is 1.72. The molecular weight excluding hydrogens is 244 g/mol. The molecule has 0 aromatic heterocycles. The number of para-hydroxylation sites is 1. The topological polar surface area (TPSA) is 50.7 Å². The minimum Gasteiger partial charge on any atom is -0.486 e. The van der Waals surface area contributed by atoms with Crippen molar-refractivity contribution >= 4 is 0 Å². The number of benzene rings is 1. The maximum Gasteiger partial charge on any atom is 0.265 e. The molecule has 1 aromatic rings. The normalized spacial score (nSPS) is 15.8. The molecule has 0 fully saturated rings. The predicted molar refractivity (Wildman–Crippen MR) is 61.1 cm³/mol. The molecule has 18 heavy (non-hydrogen) atoms. The second-order valence-electron chi connectivity index (χ2n) is 3.97. The Morgan fingerprint density at radius 1 is 1.28 bits per heavy atom. The molecule has 0 spiro atoms. The molecule has 0 amide bonds. The summed E-state index contributed by atoms with van der Waals surface area (Å²) < 4.78 is 35.1. The summed E-state index contributed by atoms with van der Waals surface area (Å²) in [7, 11) is 0. The molecule has 0 saturated heterocycles. The molecule has 2 N–H and O–H groups in total. The van der Waals surface area contributed by atoms with Crippen LogP contribution >= 0.6 is 0 Å². The van der Waals surface area contributed by atoms with E-state index in [1.165, 1.54) is 0 Å². The zero-order valence-corrected chi connectivity index (χ0v) is 9.73. The van der Waals surface area contributed by atoms with Gasteiger partial charge in [0.25, 0.3) is 6.43 Å². The van der Waals surface area contributed by atoms with Gasteiger partial charge in [0.2, 0.25) is 0 Å². The van der Waals surface area contributed by atoms with Gasteiger partial charge in [-0.1, -0.05) is 12.1 Å². The van der Waals surface area contributed by atoms with E-state index in [2.05, 4.69) is 5.32 Å². The van der Waals surface area contributed by atoms with E-state index in [4.69, 9.17) is 14.6 Å². The summed E-state index contributed by atoms with van der Waals surface area (Å²) in [4.78, 5) is 0. The number of hydrogen-bond donors (Lipinski definition) is 2. The van der Waals surface area contributed by atoms with Crippen LogP contribution < -0.4 is 14.8 Å². The van der Waals surface area contributed by atoms with Gasteiger partial charge in [-0.15, -0.1) is 0 Å². The molecule has 0 aliphatic carbocycles. The van der Waals surface area contributed by atoms with E-state index < -0.39 is 12.5 Å². The van der Waals surface area contributed by atoms with E-state index in [0.717, 1.165) is 5.56 Å². The number of aliphatic hydroxyl groups excluding tert-OH is 1. The SMILES string of the molecule is OC(CNCc1cccc2c1OCCO2)C(F)F. The maximum absolute atomic E-state index is 12.1. The van der Waals surface area contributed by atoms with Gasteiger partial charge in [0.05, 0.1) is 0 Å². The van der Waals surface area contributed by atoms with E-state index >= 15 is 0 Å². The number of rotatable bonds is 5. The van der Waals surface area contributed by atoms with Crippen molar-refractivity contribution in [3.63, 3.8) is 0 Å². The third-order valence-electron chi connectivity index (χ3n) is 2.61. The van der Waals surface area contributed by atoms with Crippen LogP contribution in [-0.2, 0) is 6.54 Å². The van der Waals surface area contributed by atoms with Crippen molar-refractivity contribution in [3.05, 3.63) is 23.8 Å². The fraction of sp³-hybridized carbons (Fsp3) is 0.500. The second kappa shape index (κ2) is 5.97. The van der Waals surface area contributed by atoms with Crippen molar-refractivity contribution in [3.8, 4) is 11.5 Å². The number of ether oxygens (including phenoxy) is 2. The summed E-state index contributed by atoms with van der Waals surface area (Å²) in [6.07, 6.45) is -4.39.